The molecule has 4 nitrogen and oxygen atoms in total. The number of carboxylic acids is 1. The molecule has 0 fully saturated rings. The lowest BCUT2D eigenvalue weighted by Crippen LogP contribution is -1.99. The Balaban J connectivity index is 2.12. The number of aryl methyl sites for hydroxylation is 1. The topological polar surface area (TPSA) is 59.7 Å². The van der Waals surface area contributed by atoms with Crippen molar-refractivity contribution in [1.82, 2.24) is 0 Å². The average molecular weight is 266 g/mol. The molecule has 2 aromatic rings. The van der Waals surface area contributed by atoms with Crippen LogP contribution in [-0.2, 0) is 13.0 Å². The quantitative estimate of drug-likeness (QED) is 0.868. The molecule has 0 aliphatic rings. The predicted molar refractivity (Wildman–Crippen MR) is 68.3 cm³/mol. The summed E-state index contributed by atoms with van der Waals surface area (Å²) in [6.45, 7) is 2.30. The number of hydrogen-bond donors (Lipinski definition) is 1. The van der Waals surface area contributed by atoms with Gasteiger partial charge in [0.1, 0.15) is 18.1 Å². The maximum absolute atomic E-state index is 11.1. The molecule has 1 N–H and O–H groups in total. The summed E-state index contributed by atoms with van der Waals surface area (Å²) in [4.78, 5) is 12.4. The van der Waals surface area contributed by atoms with Gasteiger partial charge in [-0.3, -0.25) is 0 Å². The van der Waals surface area contributed by atoms with Gasteiger partial charge < -0.3 is 14.3 Å². The van der Waals surface area contributed by atoms with Crippen LogP contribution in [0, 0.1) is 0 Å². The molecule has 0 saturated carbocycles. The molecule has 0 bridgehead atoms. The summed E-state index contributed by atoms with van der Waals surface area (Å²) in [5.41, 5.74) is 0. The number of ether oxygens (including phenoxy) is 1. The zero-order valence-corrected chi connectivity index (χ0v) is 10.8. The van der Waals surface area contributed by atoms with Crippen LogP contribution in [0.1, 0.15) is 33.7 Å². The van der Waals surface area contributed by atoms with E-state index in [2.05, 4.69) is 6.92 Å². The van der Waals surface area contributed by atoms with E-state index in [-0.39, 0.29) is 11.5 Å². The van der Waals surface area contributed by atoms with Gasteiger partial charge in [-0.15, -0.1) is 11.3 Å². The monoisotopic (exact) mass is 266 g/mol. The second-order valence-electron chi connectivity index (χ2n) is 3.83. The Morgan fingerprint density at radius 3 is 3.00 bits per heavy atom. The van der Waals surface area contributed by atoms with Crippen molar-refractivity contribution >= 4 is 17.3 Å². The Bertz CT molecular complexity index is 513. The van der Waals surface area contributed by atoms with Crippen LogP contribution in [0.15, 0.2) is 28.9 Å². The molecule has 0 aliphatic carbocycles. The molecule has 2 rings (SSSR count). The third kappa shape index (κ3) is 2.92. The number of thiophene rings is 1. The summed E-state index contributed by atoms with van der Waals surface area (Å²) in [5, 5.41) is 9.11. The maximum atomic E-state index is 11.1. The molecule has 2 aromatic heterocycles. The lowest BCUT2D eigenvalue weighted by molar-refractivity contribution is 0.0697. The molecule has 18 heavy (non-hydrogen) atoms. The molecular formula is C13H14O4S. The number of carbonyl (C=O) groups is 1. The molecule has 0 spiro atoms. The van der Waals surface area contributed by atoms with Crippen LogP contribution in [0.25, 0.3) is 0 Å². The van der Waals surface area contributed by atoms with Crippen LogP contribution in [0.3, 0.4) is 0 Å². The minimum atomic E-state index is -0.947. The molecule has 0 aliphatic heterocycles. The highest BCUT2D eigenvalue weighted by Gasteiger charge is 2.16. The first-order valence-corrected chi connectivity index (χ1v) is 6.53. The molecule has 0 unspecified atom stereocenters. The highest BCUT2D eigenvalue weighted by Crippen LogP contribution is 2.31. The fraction of sp³-hybridized carbons (Fsp3) is 0.308. The first-order valence-electron chi connectivity index (χ1n) is 5.72. The van der Waals surface area contributed by atoms with Gasteiger partial charge in [0.2, 0.25) is 0 Å². The van der Waals surface area contributed by atoms with Crippen molar-refractivity contribution in [3.63, 3.8) is 0 Å². The van der Waals surface area contributed by atoms with Gasteiger partial charge in [-0.1, -0.05) is 13.3 Å². The van der Waals surface area contributed by atoms with Crippen molar-refractivity contribution in [3.05, 3.63) is 40.0 Å². The molecule has 0 saturated heterocycles. The smallest absolute Gasteiger partial charge is 0.349 e. The van der Waals surface area contributed by atoms with E-state index < -0.39 is 5.97 Å². The largest absolute Gasteiger partial charge is 0.484 e. The Hall–Kier alpha value is -1.75. The Labute approximate surface area is 109 Å². The number of furan rings is 1. The van der Waals surface area contributed by atoms with Crippen LogP contribution in [0.2, 0.25) is 0 Å². The van der Waals surface area contributed by atoms with E-state index in [1.54, 1.807) is 24.5 Å². The summed E-state index contributed by atoms with van der Waals surface area (Å²) in [7, 11) is 0. The molecule has 0 atom stereocenters. The van der Waals surface area contributed by atoms with Gasteiger partial charge in [0.05, 0.1) is 6.26 Å². The van der Waals surface area contributed by atoms with E-state index >= 15 is 0 Å². The van der Waals surface area contributed by atoms with Crippen molar-refractivity contribution in [1.29, 1.82) is 0 Å². The summed E-state index contributed by atoms with van der Waals surface area (Å²) >= 11 is 1.27. The van der Waals surface area contributed by atoms with Gasteiger partial charge in [0.25, 0.3) is 0 Å². The SMILES string of the molecule is CCCc1cc(OCc2ccco2)c(C(=O)O)s1. The van der Waals surface area contributed by atoms with Crippen LogP contribution in [0.5, 0.6) is 5.75 Å². The van der Waals surface area contributed by atoms with E-state index in [1.165, 1.54) is 11.3 Å². The van der Waals surface area contributed by atoms with Crippen LogP contribution >= 0.6 is 11.3 Å². The van der Waals surface area contributed by atoms with Crippen molar-refractivity contribution in [2.24, 2.45) is 0 Å². The first kappa shape index (κ1) is 12.7. The Morgan fingerprint density at radius 2 is 2.39 bits per heavy atom. The number of carboxylic acid groups (broad SMARTS) is 1. The molecule has 0 radical (unpaired) electrons. The van der Waals surface area contributed by atoms with Crippen LogP contribution in [0.4, 0.5) is 0 Å². The zero-order chi connectivity index (χ0) is 13.0. The second-order valence-corrected chi connectivity index (χ2v) is 4.97. The third-order valence-electron chi connectivity index (χ3n) is 2.39. The predicted octanol–water partition coefficient (Wildman–Crippen LogP) is 3.57. The van der Waals surface area contributed by atoms with E-state index in [9.17, 15) is 4.79 Å². The molecular weight excluding hydrogens is 252 g/mol. The first-order chi connectivity index (χ1) is 8.70. The average Bonchev–Trinajstić information content (AvgIpc) is 2.95. The van der Waals surface area contributed by atoms with E-state index in [0.717, 1.165) is 17.7 Å². The van der Waals surface area contributed by atoms with Crippen LogP contribution in [-0.4, -0.2) is 11.1 Å². The Kier molecular flexibility index (Phi) is 4.04. The second kappa shape index (κ2) is 5.73. The lowest BCUT2D eigenvalue weighted by atomic mass is 10.3. The van der Waals surface area contributed by atoms with Gasteiger partial charge in [-0.25, -0.2) is 4.79 Å². The van der Waals surface area contributed by atoms with Crippen molar-refractivity contribution < 1.29 is 19.1 Å². The van der Waals surface area contributed by atoms with Crippen molar-refractivity contribution in [2.45, 2.75) is 26.4 Å². The minimum Gasteiger partial charge on any atom is -0.484 e. The number of hydrogen-bond acceptors (Lipinski definition) is 4. The standard InChI is InChI=1S/C13H14O4S/c1-2-4-10-7-11(12(18-10)13(14)15)17-8-9-5-3-6-16-9/h3,5-7H,2,4,8H2,1H3,(H,14,15). The molecule has 2 heterocycles. The molecule has 0 amide bonds. The number of rotatable bonds is 6. The summed E-state index contributed by atoms with van der Waals surface area (Å²) in [6.07, 6.45) is 3.42. The highest BCUT2D eigenvalue weighted by molar-refractivity contribution is 7.14. The fourth-order valence-electron chi connectivity index (χ4n) is 1.59. The number of aromatic carboxylic acids is 1. The molecule has 96 valence electrons. The van der Waals surface area contributed by atoms with Gasteiger partial charge in [-0.2, -0.15) is 0 Å². The van der Waals surface area contributed by atoms with Crippen molar-refractivity contribution in [3.8, 4) is 5.75 Å². The van der Waals surface area contributed by atoms with Gasteiger partial charge in [-0.05, 0) is 24.6 Å². The lowest BCUT2D eigenvalue weighted by Gasteiger charge is -2.02. The highest BCUT2D eigenvalue weighted by atomic mass is 32.1. The fourth-order valence-corrected chi connectivity index (χ4v) is 2.63. The maximum Gasteiger partial charge on any atom is 0.349 e. The summed E-state index contributed by atoms with van der Waals surface area (Å²) in [5.74, 6) is 0.152. The third-order valence-corrected chi connectivity index (χ3v) is 3.55. The van der Waals surface area contributed by atoms with Gasteiger partial charge in [0, 0.05) is 4.88 Å². The minimum absolute atomic E-state index is 0.246. The van der Waals surface area contributed by atoms with Crippen molar-refractivity contribution in [2.75, 3.05) is 0 Å². The van der Waals surface area contributed by atoms with E-state index in [0.29, 0.717) is 11.5 Å². The normalized spacial score (nSPS) is 10.5. The molecule has 0 aromatic carbocycles. The van der Waals surface area contributed by atoms with E-state index in [1.807, 2.05) is 0 Å². The molecule has 5 heteroatoms. The summed E-state index contributed by atoms with van der Waals surface area (Å²) < 4.78 is 10.6. The summed E-state index contributed by atoms with van der Waals surface area (Å²) in [6, 6.07) is 5.37. The zero-order valence-electron chi connectivity index (χ0n) is 10.0. The van der Waals surface area contributed by atoms with Gasteiger partial charge in [0.15, 0.2) is 4.88 Å². The Morgan fingerprint density at radius 1 is 1.56 bits per heavy atom. The van der Waals surface area contributed by atoms with E-state index in [4.69, 9.17) is 14.3 Å². The van der Waals surface area contributed by atoms with Gasteiger partial charge >= 0.3 is 5.97 Å². The van der Waals surface area contributed by atoms with Crippen LogP contribution < -0.4 is 4.74 Å².